The number of hydrogen-bond donors (Lipinski definition) is 1. The fourth-order valence-electron chi connectivity index (χ4n) is 3.05. The van der Waals surface area contributed by atoms with E-state index in [-0.39, 0.29) is 5.92 Å². The summed E-state index contributed by atoms with van der Waals surface area (Å²) >= 11 is 0. The van der Waals surface area contributed by atoms with Crippen molar-refractivity contribution in [1.82, 2.24) is 4.90 Å². The molecule has 0 saturated carbocycles. The van der Waals surface area contributed by atoms with Crippen molar-refractivity contribution in [3.63, 3.8) is 0 Å². The largest absolute Gasteiger partial charge is 0.481 e. The lowest BCUT2D eigenvalue weighted by Crippen LogP contribution is -2.31. The smallest absolute Gasteiger partial charge is 0.308 e. The first-order chi connectivity index (χ1) is 7.72. The molecular formula is C12H21NO3. The van der Waals surface area contributed by atoms with Crippen LogP contribution in [-0.4, -0.2) is 48.8 Å². The molecule has 2 atom stereocenters. The molecule has 0 aliphatic carbocycles. The van der Waals surface area contributed by atoms with Crippen LogP contribution in [0.25, 0.3) is 0 Å². The van der Waals surface area contributed by atoms with Crippen molar-refractivity contribution in [3.05, 3.63) is 0 Å². The summed E-state index contributed by atoms with van der Waals surface area (Å²) < 4.78 is 5.35. The molecule has 0 spiro atoms. The van der Waals surface area contributed by atoms with E-state index in [1.54, 1.807) is 0 Å². The number of aliphatic carboxylic acids is 1. The third kappa shape index (κ3) is 2.38. The maximum atomic E-state index is 11.3. The molecule has 1 N–H and O–H groups in total. The van der Waals surface area contributed by atoms with E-state index in [0.717, 1.165) is 45.7 Å². The van der Waals surface area contributed by atoms with Gasteiger partial charge >= 0.3 is 5.97 Å². The third-order valence-corrected chi connectivity index (χ3v) is 4.08. The Labute approximate surface area is 96.6 Å². The molecule has 92 valence electrons. The lowest BCUT2D eigenvalue weighted by molar-refractivity contribution is -0.143. The van der Waals surface area contributed by atoms with Gasteiger partial charge in [0.25, 0.3) is 0 Å². The van der Waals surface area contributed by atoms with Crippen LogP contribution in [0.4, 0.5) is 0 Å². The Morgan fingerprint density at radius 1 is 1.38 bits per heavy atom. The van der Waals surface area contributed by atoms with Crippen molar-refractivity contribution in [3.8, 4) is 0 Å². The van der Waals surface area contributed by atoms with E-state index in [0.29, 0.717) is 11.8 Å². The zero-order chi connectivity index (χ0) is 11.5. The molecule has 4 nitrogen and oxygen atoms in total. The molecule has 2 heterocycles. The van der Waals surface area contributed by atoms with Gasteiger partial charge < -0.3 is 14.7 Å². The minimum atomic E-state index is -0.618. The van der Waals surface area contributed by atoms with Crippen molar-refractivity contribution in [1.29, 1.82) is 0 Å². The number of carbonyl (C=O) groups is 1. The van der Waals surface area contributed by atoms with E-state index >= 15 is 0 Å². The Morgan fingerprint density at radius 3 is 2.62 bits per heavy atom. The average molecular weight is 227 g/mol. The summed E-state index contributed by atoms with van der Waals surface area (Å²) in [6.45, 7) is 6.36. The molecule has 0 amide bonds. The molecule has 0 aromatic heterocycles. The highest BCUT2D eigenvalue weighted by Crippen LogP contribution is 2.35. The van der Waals surface area contributed by atoms with E-state index in [9.17, 15) is 9.90 Å². The maximum Gasteiger partial charge on any atom is 0.308 e. The number of likely N-dealkylation sites (tertiary alicyclic amines) is 1. The number of carboxylic acids is 1. The Morgan fingerprint density at radius 2 is 2.06 bits per heavy atom. The van der Waals surface area contributed by atoms with Crippen molar-refractivity contribution in [2.75, 3.05) is 32.8 Å². The fourth-order valence-corrected chi connectivity index (χ4v) is 3.05. The van der Waals surface area contributed by atoms with E-state index in [4.69, 9.17) is 4.74 Å². The van der Waals surface area contributed by atoms with Crippen molar-refractivity contribution >= 4 is 5.97 Å². The molecule has 2 aliphatic heterocycles. The van der Waals surface area contributed by atoms with Gasteiger partial charge in [0.1, 0.15) is 0 Å². The second kappa shape index (κ2) is 5.15. The van der Waals surface area contributed by atoms with Gasteiger partial charge in [-0.05, 0) is 31.2 Å². The molecule has 16 heavy (non-hydrogen) atoms. The summed E-state index contributed by atoms with van der Waals surface area (Å²) in [4.78, 5) is 13.5. The van der Waals surface area contributed by atoms with Crippen molar-refractivity contribution in [2.45, 2.75) is 19.8 Å². The van der Waals surface area contributed by atoms with Crippen LogP contribution < -0.4 is 0 Å². The number of nitrogens with zero attached hydrogens (tertiary/aromatic N) is 1. The van der Waals surface area contributed by atoms with Gasteiger partial charge in [-0.3, -0.25) is 4.79 Å². The van der Waals surface area contributed by atoms with Crippen LogP contribution in [0.2, 0.25) is 0 Å². The van der Waals surface area contributed by atoms with Crippen LogP contribution in [0.15, 0.2) is 0 Å². The van der Waals surface area contributed by atoms with E-state index in [1.165, 1.54) is 0 Å². The highest BCUT2D eigenvalue weighted by Gasteiger charge is 2.41. The van der Waals surface area contributed by atoms with Crippen LogP contribution in [0.1, 0.15) is 19.8 Å². The standard InChI is InChI=1S/C12H21NO3/c1-2-13-7-10(11(8-13)12(14)15)9-3-5-16-6-4-9/h9-11H,2-8H2,1H3,(H,14,15)/t10-,11+/m1/s1. The lowest BCUT2D eigenvalue weighted by atomic mass is 9.80. The van der Waals surface area contributed by atoms with Crippen LogP contribution >= 0.6 is 0 Å². The first kappa shape index (κ1) is 11.9. The first-order valence-corrected chi connectivity index (χ1v) is 6.25. The molecule has 2 aliphatic rings. The summed E-state index contributed by atoms with van der Waals surface area (Å²) in [7, 11) is 0. The van der Waals surface area contributed by atoms with Gasteiger partial charge in [-0.2, -0.15) is 0 Å². The predicted octanol–water partition coefficient (Wildman–Crippen LogP) is 1.07. The lowest BCUT2D eigenvalue weighted by Gasteiger charge is -2.29. The Bertz CT molecular complexity index is 251. The zero-order valence-electron chi connectivity index (χ0n) is 9.89. The number of hydrogen-bond acceptors (Lipinski definition) is 3. The molecule has 2 rings (SSSR count). The maximum absolute atomic E-state index is 11.3. The minimum Gasteiger partial charge on any atom is -0.481 e. The predicted molar refractivity (Wildman–Crippen MR) is 60.3 cm³/mol. The van der Waals surface area contributed by atoms with Gasteiger partial charge in [0.05, 0.1) is 5.92 Å². The summed E-state index contributed by atoms with van der Waals surface area (Å²) in [5, 5.41) is 9.27. The van der Waals surface area contributed by atoms with Crippen LogP contribution in [0.5, 0.6) is 0 Å². The average Bonchev–Trinajstić information content (AvgIpc) is 2.74. The van der Waals surface area contributed by atoms with Gasteiger partial charge in [-0.1, -0.05) is 6.92 Å². The fraction of sp³-hybridized carbons (Fsp3) is 0.917. The Kier molecular flexibility index (Phi) is 3.82. The van der Waals surface area contributed by atoms with E-state index in [1.807, 2.05) is 0 Å². The van der Waals surface area contributed by atoms with Crippen molar-refractivity contribution in [2.24, 2.45) is 17.8 Å². The molecular weight excluding hydrogens is 206 g/mol. The van der Waals surface area contributed by atoms with Crippen LogP contribution in [0, 0.1) is 17.8 Å². The Balaban J connectivity index is 2.02. The number of carboxylic acid groups (broad SMARTS) is 1. The van der Waals surface area contributed by atoms with Gasteiger partial charge in [0.2, 0.25) is 0 Å². The number of rotatable bonds is 3. The first-order valence-electron chi connectivity index (χ1n) is 6.25. The molecule has 0 aromatic carbocycles. The second-order valence-electron chi connectivity index (χ2n) is 4.91. The van der Waals surface area contributed by atoms with Crippen LogP contribution in [0.3, 0.4) is 0 Å². The molecule has 0 aromatic rings. The minimum absolute atomic E-state index is 0.164. The highest BCUT2D eigenvalue weighted by atomic mass is 16.5. The van der Waals surface area contributed by atoms with Gasteiger partial charge in [-0.15, -0.1) is 0 Å². The Hall–Kier alpha value is -0.610. The molecule has 0 unspecified atom stereocenters. The third-order valence-electron chi connectivity index (χ3n) is 4.08. The van der Waals surface area contributed by atoms with Gasteiger partial charge in [0.15, 0.2) is 0 Å². The SMILES string of the molecule is CCN1C[C@H](C(=O)O)[C@@H](C2CCOCC2)C1. The second-order valence-corrected chi connectivity index (χ2v) is 4.91. The molecule has 4 heteroatoms. The summed E-state index contributed by atoms with van der Waals surface area (Å²) in [5.41, 5.74) is 0. The monoisotopic (exact) mass is 227 g/mol. The topological polar surface area (TPSA) is 49.8 Å². The normalized spacial score (nSPS) is 33.1. The summed E-state index contributed by atoms with van der Waals surface area (Å²) in [5.74, 6) is 0.100. The van der Waals surface area contributed by atoms with Gasteiger partial charge in [-0.25, -0.2) is 0 Å². The van der Waals surface area contributed by atoms with Gasteiger partial charge in [0, 0.05) is 26.3 Å². The molecule has 2 saturated heterocycles. The quantitative estimate of drug-likeness (QED) is 0.783. The van der Waals surface area contributed by atoms with Crippen molar-refractivity contribution < 1.29 is 14.6 Å². The summed E-state index contributed by atoms with van der Waals surface area (Å²) in [6, 6.07) is 0. The molecule has 2 fully saturated rings. The molecule has 0 bridgehead atoms. The van der Waals surface area contributed by atoms with E-state index < -0.39 is 5.97 Å². The van der Waals surface area contributed by atoms with Crippen LogP contribution in [-0.2, 0) is 9.53 Å². The number of ether oxygens (including phenoxy) is 1. The highest BCUT2D eigenvalue weighted by molar-refractivity contribution is 5.71. The van der Waals surface area contributed by atoms with E-state index in [2.05, 4.69) is 11.8 Å². The zero-order valence-corrected chi connectivity index (χ0v) is 9.89. The summed E-state index contributed by atoms with van der Waals surface area (Å²) in [6.07, 6.45) is 2.07. The molecule has 0 radical (unpaired) electrons.